The van der Waals surface area contributed by atoms with Crippen molar-refractivity contribution in [2.24, 2.45) is 0 Å². The molecule has 1 aliphatic rings. The fourth-order valence-corrected chi connectivity index (χ4v) is 2.77. The molecule has 0 amide bonds. The monoisotopic (exact) mass is 316 g/mol. The predicted octanol–water partition coefficient (Wildman–Crippen LogP) is 4.33. The lowest BCUT2D eigenvalue weighted by Gasteiger charge is -2.16. The lowest BCUT2D eigenvalue weighted by molar-refractivity contribution is 0.424. The van der Waals surface area contributed by atoms with Crippen molar-refractivity contribution in [3.63, 3.8) is 0 Å². The van der Waals surface area contributed by atoms with Gasteiger partial charge in [-0.05, 0) is 47.7 Å². The quantitative estimate of drug-likeness (QED) is 0.798. The fraction of sp³-hybridized carbons (Fsp3) is 0.182. The predicted molar refractivity (Wildman–Crippen MR) is 103 cm³/mol. The van der Waals surface area contributed by atoms with Gasteiger partial charge in [-0.3, -0.25) is 0 Å². The summed E-state index contributed by atoms with van der Waals surface area (Å²) in [5.74, 6) is 0. The molecule has 2 aromatic carbocycles. The Morgan fingerprint density at radius 1 is 0.958 bits per heavy atom. The van der Waals surface area contributed by atoms with E-state index in [9.17, 15) is 0 Å². The zero-order chi connectivity index (χ0) is 16.5. The van der Waals surface area contributed by atoms with Gasteiger partial charge in [-0.15, -0.1) is 0 Å². The van der Waals surface area contributed by atoms with Crippen LogP contribution in [-0.2, 0) is 6.42 Å². The van der Waals surface area contributed by atoms with Crippen molar-refractivity contribution in [1.29, 1.82) is 0 Å². The molecule has 0 bridgehead atoms. The van der Waals surface area contributed by atoms with E-state index in [1.165, 1.54) is 16.7 Å². The number of fused-ring (bicyclic) bond motifs is 1. The number of rotatable bonds is 6. The van der Waals surface area contributed by atoms with Crippen LogP contribution in [0.5, 0.6) is 0 Å². The first kappa shape index (κ1) is 16.1. The highest BCUT2D eigenvalue weighted by atomic mass is 15.1. The number of benzene rings is 2. The second-order valence-corrected chi connectivity index (χ2v) is 5.88. The molecule has 1 heterocycles. The largest absolute Gasteiger partial charge is 0.388 e. The summed E-state index contributed by atoms with van der Waals surface area (Å²) >= 11 is 0. The third-order valence-corrected chi connectivity index (χ3v) is 4.11. The van der Waals surface area contributed by atoms with Crippen molar-refractivity contribution in [3.8, 4) is 0 Å². The summed E-state index contributed by atoms with van der Waals surface area (Å²) in [7, 11) is 0. The number of hydrogen-bond donors (Lipinski definition) is 1. The molecule has 24 heavy (non-hydrogen) atoms. The third-order valence-electron chi connectivity index (χ3n) is 4.11. The molecule has 2 nitrogen and oxygen atoms in total. The van der Waals surface area contributed by atoms with E-state index in [4.69, 9.17) is 0 Å². The Balaban J connectivity index is 1.39. The van der Waals surface area contributed by atoms with Gasteiger partial charge in [0.1, 0.15) is 0 Å². The average Bonchev–Trinajstić information content (AvgIpc) is 2.84. The van der Waals surface area contributed by atoms with Gasteiger partial charge >= 0.3 is 0 Å². The summed E-state index contributed by atoms with van der Waals surface area (Å²) in [6.45, 7) is 2.83. The Morgan fingerprint density at radius 2 is 1.79 bits per heavy atom. The highest BCUT2D eigenvalue weighted by Gasteiger charge is 2.06. The van der Waals surface area contributed by atoms with Crippen molar-refractivity contribution >= 4 is 12.2 Å². The smallest absolute Gasteiger partial charge is 0.0370 e. The minimum atomic E-state index is 0.840. The Labute approximate surface area is 144 Å². The van der Waals surface area contributed by atoms with Gasteiger partial charge in [-0.2, -0.15) is 0 Å². The van der Waals surface area contributed by atoms with Crippen LogP contribution in [0, 0.1) is 0 Å². The first-order chi connectivity index (χ1) is 11.9. The molecular weight excluding hydrogens is 292 g/mol. The highest BCUT2D eigenvalue weighted by Crippen LogP contribution is 2.15. The van der Waals surface area contributed by atoms with E-state index < -0.39 is 0 Å². The summed E-state index contributed by atoms with van der Waals surface area (Å²) in [4.78, 5) is 2.35. The van der Waals surface area contributed by atoms with Gasteiger partial charge < -0.3 is 10.2 Å². The molecule has 1 N–H and O–H groups in total. The van der Waals surface area contributed by atoms with Crippen molar-refractivity contribution in [1.82, 2.24) is 10.2 Å². The molecule has 0 radical (unpaired) electrons. The molecule has 0 fully saturated rings. The van der Waals surface area contributed by atoms with Crippen LogP contribution in [0.3, 0.4) is 0 Å². The molecule has 3 rings (SSSR count). The first-order valence-corrected chi connectivity index (χ1v) is 8.52. The molecule has 2 aromatic rings. The summed E-state index contributed by atoms with van der Waals surface area (Å²) in [6.07, 6.45) is 14.0. The molecule has 0 atom stereocenters. The van der Waals surface area contributed by atoms with Gasteiger partial charge in [0.25, 0.3) is 0 Å². The number of nitrogens with zero attached hydrogens (tertiary/aromatic N) is 1. The topological polar surface area (TPSA) is 15.3 Å². The standard InChI is InChI=1S/C22H24N2/c1-2-8-20(9-3-1)10-6-15-23-16-7-17-24-18-13-21-11-4-5-12-22(21)14-19-24/h1-13,16,18,23H,14-15,17,19H2. The van der Waals surface area contributed by atoms with E-state index in [0.717, 1.165) is 26.1 Å². The minimum Gasteiger partial charge on any atom is -0.388 e. The second kappa shape index (κ2) is 8.78. The average molecular weight is 316 g/mol. The van der Waals surface area contributed by atoms with Crippen LogP contribution in [0.4, 0.5) is 0 Å². The molecule has 0 saturated carbocycles. The normalized spacial score (nSPS) is 14.1. The zero-order valence-corrected chi connectivity index (χ0v) is 13.9. The summed E-state index contributed by atoms with van der Waals surface area (Å²) < 4.78 is 0. The third kappa shape index (κ3) is 4.88. The van der Waals surface area contributed by atoms with Gasteiger partial charge in [-0.25, -0.2) is 0 Å². The van der Waals surface area contributed by atoms with E-state index in [2.05, 4.69) is 89.3 Å². The minimum absolute atomic E-state index is 0.840. The van der Waals surface area contributed by atoms with Crippen molar-refractivity contribution in [2.45, 2.75) is 6.42 Å². The Kier molecular flexibility index (Phi) is 5.90. The SMILES string of the molecule is C(=Cc1ccccc1)CNC=CCN1C=Cc2ccccc2CC1. The van der Waals surface area contributed by atoms with E-state index >= 15 is 0 Å². The fourth-order valence-electron chi connectivity index (χ4n) is 2.77. The molecule has 0 spiro atoms. The highest BCUT2D eigenvalue weighted by molar-refractivity contribution is 5.54. The molecule has 0 unspecified atom stereocenters. The van der Waals surface area contributed by atoms with Crippen LogP contribution in [0.25, 0.3) is 12.2 Å². The number of nitrogens with one attached hydrogen (secondary N) is 1. The lowest BCUT2D eigenvalue weighted by Crippen LogP contribution is -2.19. The van der Waals surface area contributed by atoms with Crippen LogP contribution in [0.15, 0.2) is 79.1 Å². The zero-order valence-electron chi connectivity index (χ0n) is 13.9. The summed E-state index contributed by atoms with van der Waals surface area (Å²) in [5, 5.41) is 3.31. The van der Waals surface area contributed by atoms with E-state index in [1.54, 1.807) is 0 Å². The van der Waals surface area contributed by atoms with Gasteiger partial charge in [0.2, 0.25) is 0 Å². The molecule has 0 aliphatic carbocycles. The molecule has 1 aliphatic heterocycles. The number of hydrogen-bond acceptors (Lipinski definition) is 2. The Bertz CT molecular complexity index is 714. The van der Waals surface area contributed by atoms with Crippen LogP contribution >= 0.6 is 0 Å². The Morgan fingerprint density at radius 3 is 2.71 bits per heavy atom. The molecule has 122 valence electrons. The molecule has 2 heteroatoms. The van der Waals surface area contributed by atoms with Crippen molar-refractivity contribution < 1.29 is 0 Å². The molecule has 0 saturated heterocycles. The van der Waals surface area contributed by atoms with Crippen LogP contribution in [0.1, 0.15) is 16.7 Å². The second-order valence-electron chi connectivity index (χ2n) is 5.88. The summed E-state index contributed by atoms with van der Waals surface area (Å²) in [6, 6.07) is 19.0. The van der Waals surface area contributed by atoms with Crippen molar-refractivity contribution in [2.75, 3.05) is 19.6 Å². The van der Waals surface area contributed by atoms with Crippen LogP contribution < -0.4 is 5.32 Å². The van der Waals surface area contributed by atoms with Crippen LogP contribution in [-0.4, -0.2) is 24.5 Å². The maximum absolute atomic E-state index is 3.31. The van der Waals surface area contributed by atoms with Crippen LogP contribution in [0.2, 0.25) is 0 Å². The lowest BCUT2D eigenvalue weighted by atomic mass is 10.1. The van der Waals surface area contributed by atoms with Crippen molar-refractivity contribution in [3.05, 3.63) is 95.8 Å². The Hall–Kier alpha value is -2.74. The van der Waals surface area contributed by atoms with Gasteiger partial charge in [-0.1, -0.05) is 66.7 Å². The van der Waals surface area contributed by atoms with Gasteiger partial charge in [0, 0.05) is 19.6 Å². The maximum atomic E-state index is 3.31. The van der Waals surface area contributed by atoms with E-state index in [0.29, 0.717) is 0 Å². The summed E-state index contributed by atoms with van der Waals surface area (Å²) in [5.41, 5.74) is 4.01. The maximum Gasteiger partial charge on any atom is 0.0370 e. The van der Waals surface area contributed by atoms with Gasteiger partial charge in [0.15, 0.2) is 0 Å². The van der Waals surface area contributed by atoms with E-state index in [-0.39, 0.29) is 0 Å². The van der Waals surface area contributed by atoms with E-state index in [1.807, 2.05) is 12.3 Å². The van der Waals surface area contributed by atoms with Gasteiger partial charge in [0.05, 0.1) is 0 Å². The molecular formula is C22H24N2. The first-order valence-electron chi connectivity index (χ1n) is 8.52. The molecule has 0 aromatic heterocycles.